The van der Waals surface area contributed by atoms with E-state index < -0.39 is 0 Å². The van der Waals surface area contributed by atoms with E-state index in [0.717, 1.165) is 0 Å². The second-order valence-corrected chi connectivity index (χ2v) is 10.5. The van der Waals surface area contributed by atoms with Crippen molar-refractivity contribution >= 4 is 75.2 Å². The van der Waals surface area contributed by atoms with Gasteiger partial charge in [-0.1, -0.05) is 38.8 Å². The molecule has 4 aromatic carbocycles. The normalized spacial score (nSPS) is 12.8. The molecular weight excluding hydrogens is 376 g/mol. The molecule has 2 heterocycles. The van der Waals surface area contributed by atoms with E-state index >= 15 is 0 Å². The molecule has 0 saturated carbocycles. The lowest BCUT2D eigenvalue weighted by Gasteiger charge is -2.12. The SMILES string of the molecule is CCCCc1sc2ccc3cc4c(CCCC)sc5ccc6cc1c2c3c6c54. The Bertz CT molecular complexity index is 1320. The monoisotopic (exact) mass is 400 g/mol. The highest BCUT2D eigenvalue weighted by atomic mass is 32.1. The van der Waals surface area contributed by atoms with Crippen LogP contribution in [0.15, 0.2) is 36.4 Å². The van der Waals surface area contributed by atoms with Gasteiger partial charge in [-0.25, -0.2) is 0 Å². The van der Waals surface area contributed by atoms with Crippen molar-refractivity contribution in [2.24, 2.45) is 0 Å². The van der Waals surface area contributed by atoms with Gasteiger partial charge in [-0.05, 0) is 82.3 Å². The molecule has 140 valence electrons. The lowest BCUT2D eigenvalue weighted by molar-refractivity contribution is 0.807. The van der Waals surface area contributed by atoms with Crippen LogP contribution >= 0.6 is 22.7 Å². The zero-order chi connectivity index (χ0) is 18.8. The minimum Gasteiger partial charge on any atom is -0.140 e. The van der Waals surface area contributed by atoms with Crippen molar-refractivity contribution in [1.29, 1.82) is 0 Å². The highest BCUT2D eigenvalue weighted by molar-refractivity contribution is 7.21. The van der Waals surface area contributed by atoms with Crippen molar-refractivity contribution in [3.63, 3.8) is 0 Å². The van der Waals surface area contributed by atoms with Crippen LogP contribution in [0.3, 0.4) is 0 Å². The average molecular weight is 401 g/mol. The third kappa shape index (κ3) is 2.22. The summed E-state index contributed by atoms with van der Waals surface area (Å²) in [6, 6.07) is 14.5. The van der Waals surface area contributed by atoms with Crippen LogP contribution in [0, 0.1) is 0 Å². The fourth-order valence-electron chi connectivity index (χ4n) is 5.00. The van der Waals surface area contributed by atoms with Crippen molar-refractivity contribution in [1.82, 2.24) is 0 Å². The van der Waals surface area contributed by atoms with Crippen LogP contribution in [-0.2, 0) is 12.8 Å². The number of rotatable bonds is 6. The molecule has 2 heteroatoms. The molecule has 0 atom stereocenters. The molecule has 28 heavy (non-hydrogen) atoms. The first-order valence-corrected chi connectivity index (χ1v) is 12.3. The standard InChI is InChI=1S/C26H24S2/c1-3-5-7-19-17-13-15-10-12-22-26-18(20(28-22)8-6-4-2)14-16-9-11-21(27-19)25(17)23(16)24(15)26/h9-14H,3-8H2,1-2H3. The second-order valence-electron chi connectivity index (χ2n) is 8.18. The Morgan fingerprint density at radius 2 is 1.07 bits per heavy atom. The number of unbranched alkanes of at least 4 members (excludes halogenated alkanes) is 2. The van der Waals surface area contributed by atoms with E-state index in [2.05, 4.69) is 50.2 Å². The second kappa shape index (κ2) is 6.30. The van der Waals surface area contributed by atoms with E-state index in [1.54, 1.807) is 9.75 Å². The fraction of sp³-hybridized carbons (Fsp3) is 0.308. The zero-order valence-electron chi connectivity index (χ0n) is 16.5. The number of benzene rings is 4. The fourth-order valence-corrected chi connectivity index (χ4v) is 7.47. The van der Waals surface area contributed by atoms with Gasteiger partial charge in [0.15, 0.2) is 0 Å². The van der Waals surface area contributed by atoms with Gasteiger partial charge in [-0.3, -0.25) is 0 Å². The largest absolute Gasteiger partial charge is 0.140 e. The van der Waals surface area contributed by atoms with Crippen LogP contribution in [0.5, 0.6) is 0 Å². The van der Waals surface area contributed by atoms with Gasteiger partial charge in [0.25, 0.3) is 0 Å². The molecular formula is C26H24S2. The molecule has 0 spiro atoms. The van der Waals surface area contributed by atoms with Gasteiger partial charge in [0.2, 0.25) is 0 Å². The first-order chi connectivity index (χ1) is 13.8. The third-order valence-electron chi connectivity index (χ3n) is 6.37. The molecule has 0 amide bonds. The van der Waals surface area contributed by atoms with Crippen LogP contribution in [0.2, 0.25) is 0 Å². The van der Waals surface area contributed by atoms with Crippen molar-refractivity contribution in [3.8, 4) is 0 Å². The predicted molar refractivity (Wildman–Crippen MR) is 129 cm³/mol. The van der Waals surface area contributed by atoms with E-state index in [1.807, 2.05) is 22.7 Å². The number of hydrogen-bond donors (Lipinski definition) is 0. The van der Waals surface area contributed by atoms with Gasteiger partial charge in [0, 0.05) is 29.9 Å². The molecule has 2 aromatic heterocycles. The molecule has 0 radical (unpaired) electrons. The number of hydrogen-bond acceptors (Lipinski definition) is 2. The Morgan fingerprint density at radius 1 is 0.607 bits per heavy atom. The molecule has 0 saturated heterocycles. The summed E-state index contributed by atoms with van der Waals surface area (Å²) in [5, 5.41) is 12.0. The average Bonchev–Trinajstić information content (AvgIpc) is 3.26. The van der Waals surface area contributed by atoms with Crippen molar-refractivity contribution in [2.75, 3.05) is 0 Å². The Hall–Kier alpha value is -1.90. The maximum atomic E-state index is 2.49. The minimum absolute atomic E-state index is 1.21. The molecule has 0 unspecified atom stereocenters. The van der Waals surface area contributed by atoms with E-state index in [1.165, 1.54) is 91.0 Å². The van der Waals surface area contributed by atoms with Crippen molar-refractivity contribution in [3.05, 3.63) is 46.2 Å². The van der Waals surface area contributed by atoms with Crippen molar-refractivity contribution < 1.29 is 0 Å². The van der Waals surface area contributed by atoms with Crippen LogP contribution < -0.4 is 0 Å². The summed E-state index contributed by atoms with van der Waals surface area (Å²) >= 11 is 4.04. The minimum atomic E-state index is 1.21. The highest BCUT2D eigenvalue weighted by Crippen LogP contribution is 2.49. The van der Waals surface area contributed by atoms with Gasteiger partial charge in [-0.15, -0.1) is 22.7 Å². The molecule has 0 aliphatic rings. The molecule has 6 rings (SSSR count). The third-order valence-corrected chi connectivity index (χ3v) is 8.83. The van der Waals surface area contributed by atoms with Gasteiger partial charge in [-0.2, -0.15) is 0 Å². The molecule has 0 N–H and O–H groups in total. The van der Waals surface area contributed by atoms with Crippen LogP contribution in [0.1, 0.15) is 49.3 Å². The Kier molecular flexibility index (Phi) is 3.83. The zero-order valence-corrected chi connectivity index (χ0v) is 18.2. The molecule has 0 aliphatic heterocycles. The number of aryl methyl sites for hydroxylation is 2. The van der Waals surface area contributed by atoms with Gasteiger partial charge < -0.3 is 0 Å². The smallest absolute Gasteiger partial charge is 0.0358 e. The maximum absolute atomic E-state index is 2.49. The first-order valence-electron chi connectivity index (χ1n) is 10.7. The lowest BCUT2D eigenvalue weighted by atomic mass is 9.90. The van der Waals surface area contributed by atoms with Crippen LogP contribution in [-0.4, -0.2) is 0 Å². The summed E-state index contributed by atoms with van der Waals surface area (Å²) in [6.07, 6.45) is 7.50. The lowest BCUT2D eigenvalue weighted by Crippen LogP contribution is -1.87. The quantitative estimate of drug-likeness (QED) is 0.244. The Morgan fingerprint density at radius 3 is 1.50 bits per heavy atom. The summed E-state index contributed by atoms with van der Waals surface area (Å²) in [5.74, 6) is 0. The van der Waals surface area contributed by atoms with E-state index in [9.17, 15) is 0 Å². The summed E-state index contributed by atoms with van der Waals surface area (Å²) in [4.78, 5) is 3.16. The van der Waals surface area contributed by atoms with Crippen molar-refractivity contribution in [2.45, 2.75) is 52.4 Å². The first kappa shape index (κ1) is 17.0. The maximum Gasteiger partial charge on any atom is 0.0358 e. The molecule has 0 nitrogen and oxygen atoms in total. The topological polar surface area (TPSA) is 0 Å². The predicted octanol–water partition coefficient (Wildman–Crippen LogP) is 9.14. The summed E-state index contributed by atoms with van der Waals surface area (Å²) in [7, 11) is 0. The molecule has 0 aliphatic carbocycles. The van der Waals surface area contributed by atoms with E-state index in [-0.39, 0.29) is 0 Å². The van der Waals surface area contributed by atoms with Crippen LogP contribution in [0.25, 0.3) is 52.5 Å². The van der Waals surface area contributed by atoms with Gasteiger partial charge >= 0.3 is 0 Å². The van der Waals surface area contributed by atoms with Gasteiger partial charge in [0.1, 0.15) is 0 Å². The number of thiophene rings is 2. The summed E-state index contributed by atoms with van der Waals surface area (Å²) < 4.78 is 2.94. The highest BCUT2D eigenvalue weighted by Gasteiger charge is 2.21. The van der Waals surface area contributed by atoms with E-state index in [4.69, 9.17) is 0 Å². The van der Waals surface area contributed by atoms with Crippen LogP contribution in [0.4, 0.5) is 0 Å². The Labute approximate surface area is 173 Å². The molecule has 0 fully saturated rings. The summed E-state index contributed by atoms with van der Waals surface area (Å²) in [5.41, 5.74) is 0. The Balaban J connectivity index is 1.77. The molecule has 0 bridgehead atoms. The molecule has 6 aromatic rings. The summed E-state index contributed by atoms with van der Waals surface area (Å²) in [6.45, 7) is 4.58. The van der Waals surface area contributed by atoms with Gasteiger partial charge in [0.05, 0.1) is 0 Å². The van der Waals surface area contributed by atoms with E-state index in [0.29, 0.717) is 0 Å².